The maximum Gasteiger partial charge on any atom is 0.200 e. The molecule has 0 saturated heterocycles. The monoisotopic (exact) mass is 416 g/mol. The molecule has 6 heteroatoms. The third kappa shape index (κ3) is 4.53. The van der Waals surface area contributed by atoms with Gasteiger partial charge in [0.2, 0.25) is 0 Å². The summed E-state index contributed by atoms with van der Waals surface area (Å²) in [6.07, 6.45) is 1.13. The lowest BCUT2D eigenvalue weighted by molar-refractivity contribution is 0.0921. The van der Waals surface area contributed by atoms with Crippen molar-refractivity contribution < 1.29 is 17.9 Å². The molecule has 0 fully saturated rings. The van der Waals surface area contributed by atoms with Crippen molar-refractivity contribution in [2.75, 3.05) is 12.9 Å². The second kappa shape index (κ2) is 6.57. The quantitative estimate of drug-likeness (QED) is 0.556. The van der Waals surface area contributed by atoms with Crippen molar-refractivity contribution in [2.24, 2.45) is 0 Å². The average Bonchev–Trinajstić information content (AvgIpc) is 2.45. The normalized spacial score (nSPS) is 11.1. The van der Waals surface area contributed by atoms with Gasteiger partial charge in [-0.15, -0.1) is 0 Å². The highest BCUT2D eigenvalue weighted by Crippen LogP contribution is 2.15. The van der Waals surface area contributed by atoms with Crippen molar-refractivity contribution in [2.45, 2.75) is 4.90 Å². The number of carbonyl (C=O) groups is 1. The largest absolute Gasteiger partial charge is 0.485 e. The van der Waals surface area contributed by atoms with Gasteiger partial charge in [0.1, 0.15) is 5.75 Å². The van der Waals surface area contributed by atoms with Crippen LogP contribution in [0.1, 0.15) is 10.4 Å². The van der Waals surface area contributed by atoms with E-state index in [1.807, 2.05) is 12.1 Å². The summed E-state index contributed by atoms with van der Waals surface area (Å²) in [5, 5.41) is 0. The summed E-state index contributed by atoms with van der Waals surface area (Å²) in [5.41, 5.74) is 0.424. The van der Waals surface area contributed by atoms with Gasteiger partial charge in [-0.2, -0.15) is 0 Å². The molecule has 4 nitrogen and oxygen atoms in total. The Bertz CT molecular complexity index is 734. The van der Waals surface area contributed by atoms with Gasteiger partial charge in [0.05, 0.1) is 4.90 Å². The van der Waals surface area contributed by atoms with Gasteiger partial charge >= 0.3 is 0 Å². The van der Waals surface area contributed by atoms with E-state index in [0.717, 1.165) is 9.83 Å². The Morgan fingerprint density at radius 2 is 1.62 bits per heavy atom. The minimum absolute atomic E-state index is 0.0845. The van der Waals surface area contributed by atoms with E-state index in [1.54, 1.807) is 12.1 Å². The van der Waals surface area contributed by atoms with E-state index in [0.29, 0.717) is 11.3 Å². The van der Waals surface area contributed by atoms with Gasteiger partial charge in [-0.05, 0) is 71.1 Å². The summed E-state index contributed by atoms with van der Waals surface area (Å²) >= 11 is 2.19. The number of hydrogen-bond donors (Lipinski definition) is 0. The summed E-state index contributed by atoms with van der Waals surface area (Å²) in [5.74, 6) is 0.421. The zero-order chi connectivity index (χ0) is 15.5. The number of hydrogen-bond acceptors (Lipinski definition) is 4. The maximum absolute atomic E-state index is 12.0. The number of benzene rings is 2. The fourth-order valence-corrected chi connectivity index (χ4v) is 2.64. The molecule has 0 aliphatic carbocycles. The molecule has 110 valence electrons. The van der Waals surface area contributed by atoms with Crippen LogP contribution in [0.4, 0.5) is 0 Å². The lowest BCUT2D eigenvalue weighted by Gasteiger charge is -2.06. The van der Waals surface area contributed by atoms with E-state index in [-0.39, 0.29) is 17.3 Å². The SMILES string of the molecule is CS(=O)(=O)c1ccc(C(=O)COc2ccc(I)cc2)cc1. The highest BCUT2D eigenvalue weighted by atomic mass is 127. The standard InChI is InChI=1S/C15H13IO4S/c1-21(18,19)14-8-2-11(3-9-14)15(17)10-20-13-6-4-12(16)5-7-13/h2-9H,10H2,1H3. The molecule has 2 aromatic rings. The van der Waals surface area contributed by atoms with E-state index in [2.05, 4.69) is 22.6 Å². The molecule has 0 atom stereocenters. The van der Waals surface area contributed by atoms with Gasteiger partial charge in [0.25, 0.3) is 0 Å². The molecule has 0 amide bonds. The maximum atomic E-state index is 12.0. The summed E-state index contributed by atoms with van der Waals surface area (Å²) in [6, 6.07) is 13.2. The Balaban J connectivity index is 2.02. The van der Waals surface area contributed by atoms with Gasteiger partial charge in [-0.25, -0.2) is 8.42 Å². The van der Waals surface area contributed by atoms with Crippen molar-refractivity contribution in [1.82, 2.24) is 0 Å². The number of ketones is 1. The van der Waals surface area contributed by atoms with E-state index in [9.17, 15) is 13.2 Å². The Labute approximate surface area is 137 Å². The number of carbonyl (C=O) groups excluding carboxylic acids is 1. The lowest BCUT2D eigenvalue weighted by atomic mass is 10.1. The lowest BCUT2D eigenvalue weighted by Crippen LogP contribution is -2.11. The van der Waals surface area contributed by atoms with Crippen LogP contribution in [0.3, 0.4) is 0 Å². The van der Waals surface area contributed by atoms with Gasteiger partial charge < -0.3 is 4.74 Å². The molecule has 0 aliphatic rings. The predicted octanol–water partition coefficient (Wildman–Crippen LogP) is 2.96. The molecular formula is C15H13IO4S. The molecule has 0 spiro atoms. The Morgan fingerprint density at radius 3 is 2.14 bits per heavy atom. The van der Waals surface area contributed by atoms with E-state index in [4.69, 9.17) is 4.74 Å². The van der Waals surface area contributed by atoms with E-state index < -0.39 is 9.84 Å². The van der Waals surface area contributed by atoms with Crippen molar-refractivity contribution >= 4 is 38.2 Å². The van der Waals surface area contributed by atoms with Crippen molar-refractivity contribution in [1.29, 1.82) is 0 Å². The fraction of sp³-hybridized carbons (Fsp3) is 0.133. The van der Waals surface area contributed by atoms with Gasteiger partial charge in [-0.3, -0.25) is 4.79 Å². The first-order valence-electron chi connectivity index (χ1n) is 6.08. The first kappa shape index (κ1) is 16.0. The minimum Gasteiger partial charge on any atom is -0.485 e. The third-order valence-corrected chi connectivity index (χ3v) is 4.64. The van der Waals surface area contributed by atoms with Crippen LogP contribution in [-0.2, 0) is 9.84 Å². The summed E-state index contributed by atoms with van der Waals surface area (Å²) in [4.78, 5) is 12.2. The van der Waals surface area contributed by atoms with Crippen LogP contribution in [-0.4, -0.2) is 27.1 Å². The number of rotatable bonds is 5. The van der Waals surface area contributed by atoms with Crippen LogP contribution in [0.25, 0.3) is 0 Å². The Kier molecular flexibility index (Phi) is 5.00. The van der Waals surface area contributed by atoms with Crippen LogP contribution in [0.5, 0.6) is 5.75 Å². The summed E-state index contributed by atoms with van der Waals surface area (Å²) in [7, 11) is -3.25. The van der Waals surface area contributed by atoms with E-state index in [1.165, 1.54) is 24.3 Å². The van der Waals surface area contributed by atoms with Gasteiger partial charge in [0, 0.05) is 15.4 Å². The highest BCUT2D eigenvalue weighted by Gasteiger charge is 2.10. The van der Waals surface area contributed by atoms with E-state index >= 15 is 0 Å². The van der Waals surface area contributed by atoms with Gasteiger partial charge in [-0.1, -0.05) is 0 Å². The second-order valence-electron chi connectivity index (χ2n) is 4.46. The molecule has 0 aliphatic heterocycles. The molecule has 0 radical (unpaired) electrons. The molecule has 0 unspecified atom stereocenters. The summed E-state index contributed by atoms with van der Waals surface area (Å²) < 4.78 is 29.2. The number of ether oxygens (including phenoxy) is 1. The zero-order valence-corrected chi connectivity index (χ0v) is 14.2. The molecule has 0 heterocycles. The van der Waals surface area contributed by atoms with Crippen molar-refractivity contribution in [3.05, 3.63) is 57.7 Å². The smallest absolute Gasteiger partial charge is 0.200 e. The first-order chi connectivity index (χ1) is 9.86. The fourth-order valence-electron chi connectivity index (χ4n) is 1.65. The molecular weight excluding hydrogens is 403 g/mol. The van der Waals surface area contributed by atoms with Crippen LogP contribution in [0.2, 0.25) is 0 Å². The molecule has 2 aromatic carbocycles. The molecule has 0 saturated carbocycles. The predicted molar refractivity (Wildman–Crippen MR) is 88.5 cm³/mol. The van der Waals surface area contributed by atoms with Crippen LogP contribution in [0, 0.1) is 3.57 Å². The van der Waals surface area contributed by atoms with Crippen LogP contribution < -0.4 is 4.74 Å². The number of Topliss-reactive ketones (excluding diaryl/α,β-unsaturated/α-hetero) is 1. The second-order valence-corrected chi connectivity index (χ2v) is 7.72. The number of sulfone groups is 1. The van der Waals surface area contributed by atoms with Crippen molar-refractivity contribution in [3.63, 3.8) is 0 Å². The summed E-state index contributed by atoms with van der Waals surface area (Å²) in [6.45, 7) is -0.0845. The molecule has 0 aromatic heterocycles. The van der Waals surface area contributed by atoms with Gasteiger partial charge in [0.15, 0.2) is 22.2 Å². The third-order valence-electron chi connectivity index (χ3n) is 2.79. The average molecular weight is 416 g/mol. The zero-order valence-electron chi connectivity index (χ0n) is 11.2. The molecule has 2 rings (SSSR count). The Hall–Kier alpha value is -1.41. The molecule has 0 N–H and O–H groups in total. The minimum atomic E-state index is -3.25. The Morgan fingerprint density at radius 1 is 1.05 bits per heavy atom. The van der Waals surface area contributed by atoms with Crippen LogP contribution in [0.15, 0.2) is 53.4 Å². The molecule has 0 bridgehead atoms. The van der Waals surface area contributed by atoms with Crippen LogP contribution >= 0.6 is 22.6 Å². The topological polar surface area (TPSA) is 60.4 Å². The van der Waals surface area contributed by atoms with Crippen molar-refractivity contribution in [3.8, 4) is 5.75 Å². The number of halogens is 1. The molecule has 21 heavy (non-hydrogen) atoms. The highest BCUT2D eigenvalue weighted by molar-refractivity contribution is 14.1. The first-order valence-corrected chi connectivity index (χ1v) is 9.05.